The Morgan fingerprint density at radius 1 is 1.16 bits per heavy atom. The van der Waals surface area contributed by atoms with Crippen LogP contribution in [-0.4, -0.2) is 46.4 Å². The Kier molecular flexibility index (Phi) is 6.76. The summed E-state index contributed by atoms with van der Waals surface area (Å²) in [4.78, 5) is 11.0. The minimum Gasteiger partial charge on any atom is -0.357 e. The molecule has 31 heavy (non-hydrogen) atoms. The van der Waals surface area contributed by atoms with Gasteiger partial charge >= 0.3 is 0 Å². The van der Waals surface area contributed by atoms with E-state index in [9.17, 15) is 4.39 Å². The van der Waals surface area contributed by atoms with E-state index < -0.39 is 0 Å². The first kappa shape index (κ1) is 20.8. The third kappa shape index (κ3) is 5.39. The number of anilines is 1. The highest BCUT2D eigenvalue weighted by Crippen LogP contribution is 2.20. The molecule has 0 saturated carbocycles. The summed E-state index contributed by atoms with van der Waals surface area (Å²) < 4.78 is 16.0. The van der Waals surface area contributed by atoms with Gasteiger partial charge in [0.05, 0.1) is 13.1 Å². The minimum atomic E-state index is -0.280. The Labute approximate surface area is 182 Å². The van der Waals surface area contributed by atoms with Crippen molar-refractivity contribution >= 4 is 11.8 Å². The van der Waals surface area contributed by atoms with Crippen LogP contribution in [0.15, 0.2) is 66.0 Å². The van der Waals surface area contributed by atoms with Gasteiger partial charge in [0.15, 0.2) is 17.6 Å². The summed E-state index contributed by atoms with van der Waals surface area (Å²) >= 11 is 0. The van der Waals surface area contributed by atoms with Crippen molar-refractivity contribution in [1.82, 2.24) is 25.4 Å². The fourth-order valence-corrected chi connectivity index (χ4v) is 3.79. The van der Waals surface area contributed by atoms with Crippen LogP contribution < -0.4 is 15.5 Å². The van der Waals surface area contributed by atoms with E-state index in [1.54, 1.807) is 18.5 Å². The molecule has 1 aromatic carbocycles. The largest absolute Gasteiger partial charge is 0.357 e. The van der Waals surface area contributed by atoms with Crippen molar-refractivity contribution in [1.29, 1.82) is 0 Å². The Morgan fingerprint density at radius 2 is 2.03 bits per heavy atom. The lowest BCUT2D eigenvalue weighted by molar-refractivity contribution is 0.612. The highest BCUT2D eigenvalue weighted by Gasteiger charge is 2.25. The minimum absolute atomic E-state index is 0.179. The maximum atomic E-state index is 14.1. The molecule has 1 aliphatic rings. The second-order valence-electron chi connectivity index (χ2n) is 7.55. The topological polar surface area (TPSA) is 70.4 Å². The number of rotatable bonds is 7. The van der Waals surface area contributed by atoms with E-state index in [1.165, 1.54) is 17.2 Å². The predicted octanol–water partition coefficient (Wildman–Crippen LogP) is 2.80. The molecule has 0 amide bonds. The molecule has 1 saturated heterocycles. The molecule has 4 rings (SSSR count). The standard InChI is InChI=1S/C23H28FN7/c1-2-25-23(29-20-10-14-30(17-20)22-21(24)9-5-11-26-22)27-15-18-7-3-4-8-19(18)16-31-13-6-12-28-31/h3-9,11-13,20H,2,10,14-17H2,1H3,(H2,25,27,29). The number of aliphatic imine (C=N–C) groups is 1. The number of nitrogens with one attached hydrogen (secondary N) is 2. The molecular weight excluding hydrogens is 393 g/mol. The van der Waals surface area contributed by atoms with Gasteiger partial charge in [0, 0.05) is 44.3 Å². The molecule has 0 spiro atoms. The van der Waals surface area contributed by atoms with Crippen LogP contribution in [0.2, 0.25) is 0 Å². The number of benzene rings is 1. The van der Waals surface area contributed by atoms with E-state index in [2.05, 4.69) is 32.8 Å². The van der Waals surface area contributed by atoms with Crippen molar-refractivity contribution in [2.45, 2.75) is 32.5 Å². The van der Waals surface area contributed by atoms with Crippen molar-refractivity contribution in [2.75, 3.05) is 24.5 Å². The number of aromatic nitrogens is 3. The lowest BCUT2D eigenvalue weighted by Gasteiger charge is -2.20. The van der Waals surface area contributed by atoms with Crippen LogP contribution in [0.4, 0.5) is 10.2 Å². The summed E-state index contributed by atoms with van der Waals surface area (Å²) in [5.74, 6) is 0.906. The average Bonchev–Trinajstić information content (AvgIpc) is 3.46. The summed E-state index contributed by atoms with van der Waals surface area (Å²) in [5.41, 5.74) is 2.36. The van der Waals surface area contributed by atoms with Crippen LogP contribution >= 0.6 is 0 Å². The molecule has 0 bridgehead atoms. The van der Waals surface area contributed by atoms with Crippen LogP contribution in [0.3, 0.4) is 0 Å². The second kappa shape index (κ2) is 10.1. The summed E-state index contributed by atoms with van der Waals surface area (Å²) in [5, 5.41) is 11.1. The summed E-state index contributed by atoms with van der Waals surface area (Å²) in [6.45, 7) is 5.55. The third-order valence-electron chi connectivity index (χ3n) is 5.33. The van der Waals surface area contributed by atoms with E-state index in [0.717, 1.165) is 32.0 Å². The lowest BCUT2D eigenvalue weighted by Crippen LogP contribution is -2.44. The van der Waals surface area contributed by atoms with Gasteiger partial charge in [-0.15, -0.1) is 0 Å². The molecule has 1 fully saturated rings. The molecule has 162 valence electrons. The summed E-state index contributed by atoms with van der Waals surface area (Å²) in [6.07, 6.45) is 6.28. The van der Waals surface area contributed by atoms with Gasteiger partial charge in [0.25, 0.3) is 0 Å². The molecule has 2 N–H and O–H groups in total. The van der Waals surface area contributed by atoms with Crippen molar-refractivity contribution in [3.05, 3.63) is 78.0 Å². The molecule has 0 aliphatic carbocycles. The zero-order valence-electron chi connectivity index (χ0n) is 17.7. The fourth-order valence-electron chi connectivity index (χ4n) is 3.79. The Morgan fingerprint density at radius 3 is 2.81 bits per heavy atom. The molecule has 1 unspecified atom stereocenters. The van der Waals surface area contributed by atoms with Crippen LogP contribution in [0.1, 0.15) is 24.5 Å². The maximum Gasteiger partial charge on any atom is 0.191 e. The monoisotopic (exact) mass is 421 g/mol. The van der Waals surface area contributed by atoms with Crippen molar-refractivity contribution < 1.29 is 4.39 Å². The quantitative estimate of drug-likeness (QED) is 0.454. The average molecular weight is 422 g/mol. The zero-order chi connectivity index (χ0) is 21.5. The van der Waals surface area contributed by atoms with Crippen LogP contribution in [-0.2, 0) is 13.1 Å². The van der Waals surface area contributed by atoms with Crippen LogP contribution in [0.25, 0.3) is 0 Å². The maximum absolute atomic E-state index is 14.1. The third-order valence-corrected chi connectivity index (χ3v) is 5.33. The lowest BCUT2D eigenvalue weighted by atomic mass is 10.1. The number of pyridine rings is 1. The number of guanidine groups is 1. The first-order valence-corrected chi connectivity index (χ1v) is 10.7. The second-order valence-corrected chi connectivity index (χ2v) is 7.55. The van der Waals surface area contributed by atoms with Gasteiger partial charge in [-0.05, 0) is 42.7 Å². The van der Waals surface area contributed by atoms with Crippen molar-refractivity contribution in [3.8, 4) is 0 Å². The van der Waals surface area contributed by atoms with Crippen molar-refractivity contribution in [2.24, 2.45) is 4.99 Å². The highest BCUT2D eigenvalue weighted by atomic mass is 19.1. The van der Waals surface area contributed by atoms with E-state index in [-0.39, 0.29) is 11.9 Å². The summed E-state index contributed by atoms with van der Waals surface area (Å²) in [7, 11) is 0. The first-order chi connectivity index (χ1) is 15.2. The summed E-state index contributed by atoms with van der Waals surface area (Å²) in [6, 6.07) is 13.5. The van der Waals surface area contributed by atoms with Gasteiger partial charge in [-0.2, -0.15) is 5.10 Å². The molecule has 0 radical (unpaired) electrons. The highest BCUT2D eigenvalue weighted by molar-refractivity contribution is 5.80. The van der Waals surface area contributed by atoms with E-state index >= 15 is 0 Å². The molecule has 8 heteroatoms. The fraction of sp³-hybridized carbons (Fsp3) is 0.348. The number of nitrogens with zero attached hydrogens (tertiary/aromatic N) is 5. The Hall–Kier alpha value is -3.42. The SMILES string of the molecule is CCNC(=NCc1ccccc1Cn1cccn1)NC1CCN(c2ncccc2F)C1. The van der Waals surface area contributed by atoms with Gasteiger partial charge in [-0.3, -0.25) is 4.68 Å². The van der Waals surface area contributed by atoms with Crippen LogP contribution in [0.5, 0.6) is 0 Å². The Bertz CT molecular complexity index is 1000. The Balaban J connectivity index is 1.41. The van der Waals surface area contributed by atoms with E-state index in [4.69, 9.17) is 4.99 Å². The normalized spacial score (nSPS) is 16.5. The number of hydrogen-bond acceptors (Lipinski definition) is 4. The van der Waals surface area contributed by atoms with Gasteiger partial charge in [-0.1, -0.05) is 24.3 Å². The number of halogens is 1. The van der Waals surface area contributed by atoms with Crippen LogP contribution in [0, 0.1) is 5.82 Å². The van der Waals surface area contributed by atoms with Gasteiger partial charge in [-0.25, -0.2) is 14.4 Å². The molecular formula is C23H28FN7. The first-order valence-electron chi connectivity index (χ1n) is 10.7. The van der Waals surface area contributed by atoms with Gasteiger partial charge in [0.2, 0.25) is 0 Å². The van der Waals surface area contributed by atoms with Gasteiger partial charge < -0.3 is 15.5 Å². The van der Waals surface area contributed by atoms with Gasteiger partial charge in [0.1, 0.15) is 0 Å². The molecule has 7 nitrogen and oxygen atoms in total. The molecule has 3 aromatic rings. The molecule has 3 heterocycles. The molecule has 1 atom stereocenters. The number of hydrogen-bond donors (Lipinski definition) is 2. The van der Waals surface area contributed by atoms with E-state index in [1.807, 2.05) is 40.9 Å². The van der Waals surface area contributed by atoms with E-state index in [0.29, 0.717) is 18.9 Å². The van der Waals surface area contributed by atoms with Crippen molar-refractivity contribution in [3.63, 3.8) is 0 Å². The predicted molar refractivity (Wildman–Crippen MR) is 121 cm³/mol. The zero-order valence-corrected chi connectivity index (χ0v) is 17.7. The smallest absolute Gasteiger partial charge is 0.191 e. The molecule has 1 aliphatic heterocycles. The molecule has 2 aromatic heterocycles.